The van der Waals surface area contributed by atoms with Crippen LogP contribution in [0.1, 0.15) is 49.6 Å². The third kappa shape index (κ3) is 4.91. The highest BCUT2D eigenvalue weighted by molar-refractivity contribution is 7.89. The summed E-state index contributed by atoms with van der Waals surface area (Å²) in [5, 5.41) is 2.81. The van der Waals surface area contributed by atoms with Gasteiger partial charge in [0.25, 0.3) is 5.91 Å². The molecule has 33 heavy (non-hydrogen) atoms. The molecule has 2 aliphatic heterocycles. The van der Waals surface area contributed by atoms with Gasteiger partial charge in [-0.25, -0.2) is 8.42 Å². The van der Waals surface area contributed by atoms with Crippen molar-refractivity contribution in [3.63, 3.8) is 0 Å². The summed E-state index contributed by atoms with van der Waals surface area (Å²) < 4.78 is 38.6. The summed E-state index contributed by atoms with van der Waals surface area (Å²) in [6.45, 7) is 3.59. The van der Waals surface area contributed by atoms with Crippen molar-refractivity contribution in [2.75, 3.05) is 31.6 Å². The fourth-order valence-electron chi connectivity index (χ4n) is 4.34. The molecule has 9 nitrogen and oxygen atoms in total. The zero-order chi connectivity index (χ0) is 23.4. The molecule has 1 N–H and O–H groups in total. The van der Waals surface area contributed by atoms with E-state index in [0.717, 1.165) is 19.3 Å². The summed E-state index contributed by atoms with van der Waals surface area (Å²) in [7, 11) is -3.68. The molecule has 2 aliphatic rings. The van der Waals surface area contributed by atoms with E-state index in [2.05, 4.69) is 5.32 Å². The standard InChI is InChI=1S/C23H29N3O6S/c1-2-31-20-11-10-17(33(29,30)25-12-4-3-5-13-25)16-18(20)24-22(27)19-8-6-14-26(19)23(28)21-9-7-15-32-21/h7,9-11,15-16,19H,2-6,8,12-14H2,1H3,(H,24,27). The van der Waals surface area contributed by atoms with Crippen LogP contribution in [0.25, 0.3) is 0 Å². The van der Waals surface area contributed by atoms with Crippen molar-refractivity contribution in [3.8, 4) is 5.75 Å². The number of ether oxygens (including phenoxy) is 1. The van der Waals surface area contributed by atoms with Gasteiger partial charge in [0.2, 0.25) is 15.9 Å². The number of sulfonamides is 1. The van der Waals surface area contributed by atoms with Crippen LogP contribution in [0.3, 0.4) is 0 Å². The number of carbonyl (C=O) groups excluding carboxylic acids is 2. The average Bonchev–Trinajstić information content (AvgIpc) is 3.53. The highest BCUT2D eigenvalue weighted by atomic mass is 32.2. The maximum atomic E-state index is 13.2. The molecular formula is C23H29N3O6S. The fraction of sp³-hybridized carbons (Fsp3) is 0.478. The molecule has 0 bridgehead atoms. The van der Waals surface area contributed by atoms with Crippen LogP contribution in [-0.2, 0) is 14.8 Å². The zero-order valence-electron chi connectivity index (χ0n) is 18.7. The molecule has 178 valence electrons. The molecule has 2 fully saturated rings. The molecule has 1 unspecified atom stereocenters. The van der Waals surface area contributed by atoms with Crippen molar-refractivity contribution in [2.24, 2.45) is 0 Å². The third-order valence-electron chi connectivity index (χ3n) is 6.01. The van der Waals surface area contributed by atoms with Crippen molar-refractivity contribution in [1.29, 1.82) is 0 Å². The van der Waals surface area contributed by atoms with E-state index in [1.807, 2.05) is 6.92 Å². The first kappa shape index (κ1) is 23.3. The van der Waals surface area contributed by atoms with E-state index in [9.17, 15) is 18.0 Å². The van der Waals surface area contributed by atoms with E-state index in [1.165, 1.54) is 27.6 Å². The first-order chi connectivity index (χ1) is 15.9. The van der Waals surface area contributed by atoms with Gasteiger partial charge < -0.3 is 19.4 Å². The second kappa shape index (κ2) is 9.96. The molecule has 1 atom stereocenters. The number of hydrogen-bond donors (Lipinski definition) is 1. The molecule has 0 aliphatic carbocycles. The predicted octanol–water partition coefficient (Wildman–Crippen LogP) is 3.10. The number of rotatable bonds is 7. The van der Waals surface area contributed by atoms with Crippen LogP contribution < -0.4 is 10.1 Å². The molecule has 0 radical (unpaired) electrons. The molecule has 4 rings (SSSR count). The largest absolute Gasteiger partial charge is 0.492 e. The Morgan fingerprint density at radius 3 is 2.61 bits per heavy atom. The van der Waals surface area contributed by atoms with Crippen LogP contribution in [0.15, 0.2) is 45.9 Å². The second-order valence-corrected chi connectivity index (χ2v) is 10.1. The molecule has 0 spiro atoms. The maximum Gasteiger partial charge on any atom is 0.290 e. The van der Waals surface area contributed by atoms with Gasteiger partial charge in [0, 0.05) is 19.6 Å². The highest BCUT2D eigenvalue weighted by Crippen LogP contribution is 2.31. The number of piperidine rings is 1. The smallest absolute Gasteiger partial charge is 0.290 e. The molecule has 2 saturated heterocycles. The Labute approximate surface area is 193 Å². The minimum absolute atomic E-state index is 0.109. The normalized spacial score (nSPS) is 19.4. The van der Waals surface area contributed by atoms with Gasteiger partial charge >= 0.3 is 0 Å². The van der Waals surface area contributed by atoms with Crippen LogP contribution in [0.4, 0.5) is 5.69 Å². The van der Waals surface area contributed by atoms with Crippen LogP contribution in [0.2, 0.25) is 0 Å². The van der Waals surface area contributed by atoms with Gasteiger partial charge in [-0.05, 0) is 62.9 Å². The van der Waals surface area contributed by atoms with Gasteiger partial charge in [-0.3, -0.25) is 9.59 Å². The summed E-state index contributed by atoms with van der Waals surface area (Å²) in [4.78, 5) is 27.5. The highest BCUT2D eigenvalue weighted by Gasteiger charge is 2.36. The molecular weight excluding hydrogens is 446 g/mol. The molecule has 2 aromatic rings. The molecule has 10 heteroatoms. The van der Waals surface area contributed by atoms with Crippen molar-refractivity contribution in [1.82, 2.24) is 9.21 Å². The van der Waals surface area contributed by atoms with Crippen molar-refractivity contribution in [3.05, 3.63) is 42.4 Å². The van der Waals surface area contributed by atoms with Crippen molar-refractivity contribution < 1.29 is 27.2 Å². The number of nitrogens with one attached hydrogen (secondary N) is 1. The topological polar surface area (TPSA) is 109 Å². The Hall–Kier alpha value is -2.85. The summed E-state index contributed by atoms with van der Waals surface area (Å²) in [5.41, 5.74) is 0.275. The number of amides is 2. The fourth-order valence-corrected chi connectivity index (χ4v) is 5.89. The zero-order valence-corrected chi connectivity index (χ0v) is 19.5. The first-order valence-electron chi connectivity index (χ1n) is 11.3. The maximum absolute atomic E-state index is 13.2. The van der Waals surface area contributed by atoms with Crippen LogP contribution in [0, 0.1) is 0 Å². The third-order valence-corrected chi connectivity index (χ3v) is 7.90. The lowest BCUT2D eigenvalue weighted by atomic mass is 10.2. The molecule has 1 aromatic heterocycles. The summed E-state index contributed by atoms with van der Waals surface area (Å²) in [6, 6.07) is 7.03. The monoisotopic (exact) mass is 475 g/mol. The van der Waals surface area contributed by atoms with Gasteiger partial charge in [-0.15, -0.1) is 0 Å². The first-order valence-corrected chi connectivity index (χ1v) is 12.8. The Morgan fingerprint density at radius 2 is 1.91 bits per heavy atom. The minimum Gasteiger partial charge on any atom is -0.492 e. The van der Waals surface area contributed by atoms with Gasteiger partial charge in [0.05, 0.1) is 23.5 Å². The van der Waals surface area contributed by atoms with Gasteiger partial charge in [0.1, 0.15) is 11.8 Å². The van der Waals surface area contributed by atoms with E-state index < -0.39 is 16.1 Å². The van der Waals surface area contributed by atoms with Crippen molar-refractivity contribution >= 4 is 27.5 Å². The average molecular weight is 476 g/mol. The Balaban J connectivity index is 1.57. The minimum atomic E-state index is -3.68. The van der Waals surface area contributed by atoms with E-state index in [1.54, 1.807) is 18.2 Å². The summed E-state index contributed by atoms with van der Waals surface area (Å²) in [5.74, 6) is -0.172. The Bertz CT molecular complexity index is 1090. The lowest BCUT2D eigenvalue weighted by Gasteiger charge is -2.26. The number of benzene rings is 1. The van der Waals surface area contributed by atoms with E-state index in [0.29, 0.717) is 44.8 Å². The number of anilines is 1. The summed E-state index contributed by atoms with van der Waals surface area (Å²) in [6.07, 6.45) is 5.30. The Morgan fingerprint density at radius 1 is 1.12 bits per heavy atom. The lowest BCUT2D eigenvalue weighted by Crippen LogP contribution is -2.43. The van der Waals surface area contributed by atoms with Crippen LogP contribution in [0.5, 0.6) is 5.75 Å². The van der Waals surface area contributed by atoms with Crippen LogP contribution >= 0.6 is 0 Å². The second-order valence-electron chi connectivity index (χ2n) is 8.18. The predicted molar refractivity (Wildman–Crippen MR) is 122 cm³/mol. The molecule has 2 amide bonds. The number of nitrogens with zero attached hydrogens (tertiary/aromatic N) is 2. The number of likely N-dealkylation sites (tertiary alicyclic amines) is 1. The molecule has 3 heterocycles. The summed E-state index contributed by atoms with van der Waals surface area (Å²) >= 11 is 0. The van der Waals surface area contributed by atoms with Gasteiger partial charge in [0.15, 0.2) is 5.76 Å². The number of carbonyl (C=O) groups is 2. The van der Waals surface area contributed by atoms with Crippen LogP contribution in [-0.4, -0.2) is 61.7 Å². The SMILES string of the molecule is CCOc1ccc(S(=O)(=O)N2CCCCC2)cc1NC(=O)C1CCCN1C(=O)c1ccco1. The van der Waals surface area contributed by atoms with E-state index in [-0.39, 0.29) is 28.2 Å². The van der Waals surface area contributed by atoms with E-state index in [4.69, 9.17) is 9.15 Å². The molecule has 1 aromatic carbocycles. The lowest BCUT2D eigenvalue weighted by molar-refractivity contribution is -0.119. The Kier molecular flexibility index (Phi) is 7.04. The van der Waals surface area contributed by atoms with E-state index >= 15 is 0 Å². The number of hydrogen-bond acceptors (Lipinski definition) is 6. The van der Waals surface area contributed by atoms with Gasteiger partial charge in [-0.2, -0.15) is 4.31 Å². The van der Waals surface area contributed by atoms with Gasteiger partial charge in [-0.1, -0.05) is 6.42 Å². The number of furan rings is 1. The molecule has 0 saturated carbocycles. The quantitative estimate of drug-likeness (QED) is 0.659. The van der Waals surface area contributed by atoms with Crippen molar-refractivity contribution in [2.45, 2.75) is 50.0 Å².